The summed E-state index contributed by atoms with van der Waals surface area (Å²) in [6.07, 6.45) is 44.7. The molecule has 5 N–H and O–H groups in total. The van der Waals surface area contributed by atoms with Crippen molar-refractivity contribution in [1.82, 2.24) is 10.6 Å². The van der Waals surface area contributed by atoms with Gasteiger partial charge in [0.2, 0.25) is 0 Å². The summed E-state index contributed by atoms with van der Waals surface area (Å²) in [6.45, 7) is 5.76. The molecular weight excluding hydrogens is 881 g/mol. The van der Waals surface area contributed by atoms with Crippen molar-refractivity contribution in [3.8, 4) is 0 Å². The monoisotopic (exact) mass is 979 g/mol. The average Bonchev–Trinajstić information content (AvgIpc) is 3.35. The number of amides is 2. The summed E-state index contributed by atoms with van der Waals surface area (Å²) in [6, 6.07) is 6.08. The molecule has 0 fully saturated rings. The van der Waals surface area contributed by atoms with Gasteiger partial charge in [-0.15, -0.1) is 0 Å². The Kier molecular flexibility index (Phi) is 42.8. The lowest BCUT2D eigenvalue weighted by Gasteiger charge is -2.17. The van der Waals surface area contributed by atoms with Crippen molar-refractivity contribution in [2.24, 2.45) is 10.7 Å². The number of unbranched alkanes of at least 4 members (excludes halogenated alkanes) is 24. The molecule has 2 amide bonds. The lowest BCUT2D eigenvalue weighted by atomic mass is 10.1. The van der Waals surface area contributed by atoms with Crippen LogP contribution in [0.25, 0.3) is 0 Å². The molecule has 0 bridgehead atoms. The minimum atomic E-state index is -1.03. The fourth-order valence-electron chi connectivity index (χ4n) is 8.00. The number of carbonyl (C=O) groups is 5. The first-order valence-corrected chi connectivity index (χ1v) is 28.0. The van der Waals surface area contributed by atoms with Crippen LogP contribution >= 0.6 is 0 Å². The number of nitrogens with two attached hydrogens (primary N) is 1. The van der Waals surface area contributed by atoms with E-state index < -0.39 is 18.1 Å². The SMILES string of the molecule is CCCCCCCC/C=C/CCCCCCCC(=O)OCCCCC(OC(=O)CCCCCCC/C=C/CCCCCCCC)C(=O)NCCN=Cc1ccc(C(=O)NCCCCC(N)C(=O)O)cc1. The minimum Gasteiger partial charge on any atom is -0.480 e. The van der Waals surface area contributed by atoms with Crippen LogP contribution in [-0.2, 0) is 28.7 Å². The molecule has 2 atom stereocenters. The maximum Gasteiger partial charge on any atom is 0.320 e. The number of esters is 2. The van der Waals surface area contributed by atoms with E-state index in [1.807, 2.05) is 0 Å². The molecular formula is C58H98N4O8. The van der Waals surface area contributed by atoms with Crippen LogP contribution < -0.4 is 16.4 Å². The molecule has 12 heteroatoms. The first-order valence-electron chi connectivity index (χ1n) is 28.0. The molecule has 398 valence electrons. The lowest BCUT2D eigenvalue weighted by molar-refractivity contribution is -0.156. The quantitative estimate of drug-likeness (QED) is 0.0213. The van der Waals surface area contributed by atoms with Gasteiger partial charge in [0, 0.05) is 37.7 Å². The van der Waals surface area contributed by atoms with Crippen molar-refractivity contribution in [2.45, 2.75) is 244 Å². The van der Waals surface area contributed by atoms with E-state index in [-0.39, 0.29) is 43.3 Å². The number of carboxylic acid groups (broad SMARTS) is 1. The molecule has 0 saturated carbocycles. The number of allylic oxidation sites excluding steroid dienone is 4. The molecule has 0 spiro atoms. The summed E-state index contributed by atoms with van der Waals surface area (Å²) >= 11 is 0. The highest BCUT2D eigenvalue weighted by atomic mass is 16.5. The number of nitrogens with one attached hydrogen (secondary N) is 2. The van der Waals surface area contributed by atoms with Crippen molar-refractivity contribution in [1.29, 1.82) is 0 Å². The molecule has 1 aromatic carbocycles. The van der Waals surface area contributed by atoms with Crippen molar-refractivity contribution >= 4 is 35.9 Å². The van der Waals surface area contributed by atoms with Gasteiger partial charge in [-0.2, -0.15) is 0 Å². The van der Waals surface area contributed by atoms with E-state index in [4.69, 9.17) is 20.3 Å². The Morgan fingerprint density at radius 1 is 0.571 bits per heavy atom. The number of hydrogen-bond donors (Lipinski definition) is 4. The Labute approximate surface area is 424 Å². The van der Waals surface area contributed by atoms with Gasteiger partial charge < -0.3 is 30.9 Å². The molecule has 0 radical (unpaired) electrons. The topological polar surface area (TPSA) is 186 Å². The first-order chi connectivity index (χ1) is 34.2. The summed E-state index contributed by atoms with van der Waals surface area (Å²) < 4.78 is 11.2. The fraction of sp³-hybridized carbons (Fsp3) is 0.724. The van der Waals surface area contributed by atoms with Gasteiger partial charge in [-0.3, -0.25) is 29.0 Å². The summed E-state index contributed by atoms with van der Waals surface area (Å²) in [5, 5.41) is 14.6. The predicted octanol–water partition coefficient (Wildman–Crippen LogP) is 13.2. The highest BCUT2D eigenvalue weighted by molar-refractivity contribution is 5.95. The van der Waals surface area contributed by atoms with Gasteiger partial charge in [0.15, 0.2) is 6.10 Å². The Balaban J connectivity index is 2.44. The van der Waals surface area contributed by atoms with Crippen molar-refractivity contribution < 1.29 is 38.6 Å². The number of hydrogen-bond acceptors (Lipinski definition) is 9. The number of rotatable bonds is 48. The highest BCUT2D eigenvalue weighted by Crippen LogP contribution is 2.15. The van der Waals surface area contributed by atoms with E-state index in [0.29, 0.717) is 63.6 Å². The Morgan fingerprint density at radius 2 is 1.06 bits per heavy atom. The summed E-state index contributed by atoms with van der Waals surface area (Å²) in [5.41, 5.74) is 6.81. The van der Waals surface area contributed by atoms with Crippen LogP contribution in [0.3, 0.4) is 0 Å². The fourth-order valence-corrected chi connectivity index (χ4v) is 8.00. The second-order valence-electron chi connectivity index (χ2n) is 19.0. The van der Waals surface area contributed by atoms with Crippen molar-refractivity contribution in [2.75, 3.05) is 26.2 Å². The van der Waals surface area contributed by atoms with Crippen LogP contribution in [0.5, 0.6) is 0 Å². The van der Waals surface area contributed by atoms with E-state index in [1.165, 1.54) is 103 Å². The third kappa shape index (κ3) is 39.4. The van der Waals surface area contributed by atoms with Crippen LogP contribution in [0.1, 0.15) is 248 Å². The molecule has 70 heavy (non-hydrogen) atoms. The van der Waals surface area contributed by atoms with Crippen LogP contribution in [0.2, 0.25) is 0 Å². The van der Waals surface area contributed by atoms with Gasteiger partial charge in [0.1, 0.15) is 6.04 Å². The van der Waals surface area contributed by atoms with Gasteiger partial charge in [0.25, 0.3) is 11.8 Å². The van der Waals surface area contributed by atoms with E-state index in [2.05, 4.69) is 53.8 Å². The Morgan fingerprint density at radius 3 is 1.59 bits per heavy atom. The van der Waals surface area contributed by atoms with Gasteiger partial charge >= 0.3 is 17.9 Å². The largest absolute Gasteiger partial charge is 0.480 e. The van der Waals surface area contributed by atoms with E-state index in [9.17, 15) is 24.0 Å². The Bertz CT molecular complexity index is 1560. The van der Waals surface area contributed by atoms with Crippen molar-refractivity contribution in [3.63, 3.8) is 0 Å². The third-order valence-electron chi connectivity index (χ3n) is 12.5. The molecule has 0 heterocycles. The number of carboxylic acids is 1. The zero-order chi connectivity index (χ0) is 51.0. The van der Waals surface area contributed by atoms with Gasteiger partial charge in [-0.25, -0.2) is 0 Å². The molecule has 0 aliphatic heterocycles. The van der Waals surface area contributed by atoms with Gasteiger partial charge in [0.05, 0.1) is 13.2 Å². The summed E-state index contributed by atoms with van der Waals surface area (Å²) in [4.78, 5) is 66.4. The molecule has 0 saturated heterocycles. The number of nitrogens with zero attached hydrogens (tertiary/aromatic N) is 1. The smallest absolute Gasteiger partial charge is 0.320 e. The molecule has 1 rings (SSSR count). The number of aliphatic imine (C=N–C) groups is 1. The predicted molar refractivity (Wildman–Crippen MR) is 287 cm³/mol. The standard InChI is InChI=1S/C58H98N4O8/c1-3-5-7-9-11-13-15-17-19-21-23-25-27-29-31-39-54(63)69-48-36-34-38-53(70-55(64)40-32-30-28-26-24-22-20-18-16-14-12-10-8-6-4-2)57(66)62-47-46-60-49-50-41-43-51(44-42-50)56(65)61-45-35-33-37-52(59)58(67)68/h17-20,41-44,49,52-53H,3-16,21-40,45-48,59H2,1-2H3,(H,61,65)(H,62,66)(H,67,68)/b19-17+,20-18+,60-49?. The maximum atomic E-state index is 13.3. The summed E-state index contributed by atoms with van der Waals surface area (Å²) in [5.74, 6) is -2.18. The number of benzene rings is 1. The molecule has 0 aromatic heterocycles. The third-order valence-corrected chi connectivity index (χ3v) is 12.5. The van der Waals surface area contributed by atoms with Crippen molar-refractivity contribution in [3.05, 3.63) is 59.7 Å². The van der Waals surface area contributed by atoms with Crippen LogP contribution in [0.4, 0.5) is 0 Å². The van der Waals surface area contributed by atoms with E-state index >= 15 is 0 Å². The molecule has 0 aliphatic rings. The van der Waals surface area contributed by atoms with Gasteiger partial charge in [-0.1, -0.05) is 153 Å². The number of aliphatic carboxylic acids is 1. The summed E-state index contributed by atoms with van der Waals surface area (Å²) in [7, 11) is 0. The zero-order valence-electron chi connectivity index (χ0n) is 44.1. The minimum absolute atomic E-state index is 0.190. The van der Waals surface area contributed by atoms with Gasteiger partial charge in [-0.05, 0) is 120 Å². The lowest BCUT2D eigenvalue weighted by Crippen LogP contribution is -2.39. The molecule has 0 aliphatic carbocycles. The zero-order valence-corrected chi connectivity index (χ0v) is 44.1. The normalized spacial score (nSPS) is 12.4. The second-order valence-corrected chi connectivity index (χ2v) is 19.0. The van der Waals surface area contributed by atoms with Crippen LogP contribution in [0, 0.1) is 0 Å². The molecule has 1 aromatic rings. The first kappa shape index (κ1) is 63.7. The maximum absolute atomic E-state index is 13.3. The molecule has 2 unspecified atom stereocenters. The van der Waals surface area contributed by atoms with E-state index in [0.717, 1.165) is 69.8 Å². The Hall–Kier alpha value is -4.32. The average molecular weight is 979 g/mol. The van der Waals surface area contributed by atoms with Crippen LogP contribution in [0.15, 0.2) is 53.6 Å². The van der Waals surface area contributed by atoms with Crippen LogP contribution in [-0.4, -0.2) is 79.4 Å². The van der Waals surface area contributed by atoms with E-state index in [1.54, 1.807) is 30.5 Å². The number of ether oxygens (including phenoxy) is 2. The highest BCUT2D eigenvalue weighted by Gasteiger charge is 2.22. The number of carbonyl (C=O) groups excluding carboxylic acids is 4. The second kappa shape index (κ2) is 47.0. The molecule has 12 nitrogen and oxygen atoms in total.